The number of carbonyl (C=O) groups excluding carboxylic acids is 2. The van der Waals surface area contributed by atoms with E-state index in [0.717, 1.165) is 35.5 Å². The smallest absolute Gasteiger partial charge is 0.336 e. The Morgan fingerprint density at radius 2 is 1.74 bits per heavy atom. The molecule has 1 aliphatic heterocycles. The molecule has 0 unspecified atom stereocenters. The maximum absolute atomic E-state index is 13.4. The fraction of sp³-hybridized carbons (Fsp3) is 0.379. The number of ether oxygens (including phenoxy) is 2. The molecule has 0 aromatic heterocycles. The van der Waals surface area contributed by atoms with Crippen molar-refractivity contribution < 1.29 is 19.1 Å². The second kappa shape index (κ2) is 9.88. The Kier molecular flexibility index (Phi) is 6.92. The summed E-state index contributed by atoms with van der Waals surface area (Å²) in [6, 6.07) is 17.6. The summed E-state index contributed by atoms with van der Waals surface area (Å²) in [5.41, 5.74) is 4.89. The van der Waals surface area contributed by atoms with Gasteiger partial charge in [-0.3, -0.25) is 4.79 Å². The van der Waals surface area contributed by atoms with Crippen molar-refractivity contribution in [1.82, 2.24) is 5.32 Å². The van der Waals surface area contributed by atoms with Gasteiger partial charge in [-0.25, -0.2) is 4.79 Å². The number of allylic oxidation sites excluding steroid dienone is 3. The number of carbonyl (C=O) groups is 2. The predicted molar refractivity (Wildman–Crippen MR) is 132 cm³/mol. The van der Waals surface area contributed by atoms with E-state index >= 15 is 0 Å². The fourth-order valence-electron chi connectivity index (χ4n) is 4.87. The van der Waals surface area contributed by atoms with Crippen LogP contribution in [0.5, 0.6) is 5.75 Å². The van der Waals surface area contributed by atoms with Crippen molar-refractivity contribution in [1.29, 1.82) is 0 Å². The molecule has 4 rings (SSSR count). The number of esters is 1. The van der Waals surface area contributed by atoms with Gasteiger partial charge >= 0.3 is 5.97 Å². The van der Waals surface area contributed by atoms with Gasteiger partial charge in [0.25, 0.3) is 0 Å². The third-order valence-electron chi connectivity index (χ3n) is 6.51. The number of hydrogen-bond acceptors (Lipinski definition) is 5. The van der Waals surface area contributed by atoms with Gasteiger partial charge < -0.3 is 14.8 Å². The molecule has 5 heteroatoms. The van der Waals surface area contributed by atoms with Crippen LogP contribution in [0, 0.1) is 5.41 Å². The zero-order chi connectivity index (χ0) is 24.3. The summed E-state index contributed by atoms with van der Waals surface area (Å²) >= 11 is 0. The van der Waals surface area contributed by atoms with Crippen molar-refractivity contribution in [3.8, 4) is 5.75 Å². The molecule has 0 radical (unpaired) electrons. The number of dihydropyridines is 1. The minimum Gasteiger partial charge on any atom is -0.490 e. The van der Waals surface area contributed by atoms with Gasteiger partial charge in [-0.05, 0) is 48.4 Å². The molecule has 0 saturated carbocycles. The molecule has 0 fully saturated rings. The Bertz CT molecular complexity index is 1130. The van der Waals surface area contributed by atoms with E-state index in [1.54, 1.807) is 0 Å². The van der Waals surface area contributed by atoms with Gasteiger partial charge in [-0.15, -0.1) is 0 Å². The zero-order valence-corrected chi connectivity index (χ0v) is 20.4. The number of Topliss-reactive ketones (excluding diaryl/α,β-unsaturated/α-hetero) is 1. The minimum absolute atomic E-state index is 0.0912. The molecule has 0 bridgehead atoms. The lowest BCUT2D eigenvalue weighted by Gasteiger charge is -2.39. The summed E-state index contributed by atoms with van der Waals surface area (Å²) in [5.74, 6) is -0.0374. The molecule has 0 spiro atoms. The van der Waals surface area contributed by atoms with Crippen molar-refractivity contribution in [2.75, 3.05) is 13.2 Å². The summed E-state index contributed by atoms with van der Waals surface area (Å²) < 4.78 is 11.3. The van der Waals surface area contributed by atoms with Crippen LogP contribution in [0.25, 0.3) is 0 Å². The SMILES string of the molecule is CCc1ccc([C@@H]2C(C(=O)OCCOc3ccccc3)=C(C)NC3=C2C(=O)CC(C)(C)C3)cc1. The van der Waals surface area contributed by atoms with Crippen LogP contribution in [-0.4, -0.2) is 25.0 Å². The van der Waals surface area contributed by atoms with Gasteiger partial charge in [0.15, 0.2) is 5.78 Å². The van der Waals surface area contributed by atoms with Crippen molar-refractivity contribution >= 4 is 11.8 Å². The lowest BCUT2D eigenvalue weighted by atomic mass is 9.68. The fourth-order valence-corrected chi connectivity index (χ4v) is 4.87. The number of aryl methyl sites for hydroxylation is 1. The molecule has 1 heterocycles. The molecule has 178 valence electrons. The quantitative estimate of drug-likeness (QED) is 0.439. The maximum atomic E-state index is 13.4. The van der Waals surface area contributed by atoms with Gasteiger partial charge in [0, 0.05) is 29.3 Å². The Morgan fingerprint density at radius 1 is 1.03 bits per heavy atom. The van der Waals surface area contributed by atoms with E-state index in [-0.39, 0.29) is 24.4 Å². The average molecular weight is 460 g/mol. The van der Waals surface area contributed by atoms with E-state index in [9.17, 15) is 9.59 Å². The topological polar surface area (TPSA) is 64.6 Å². The molecule has 1 atom stereocenters. The van der Waals surface area contributed by atoms with Gasteiger partial charge in [0.2, 0.25) is 0 Å². The Morgan fingerprint density at radius 3 is 2.41 bits per heavy atom. The summed E-state index contributed by atoms with van der Waals surface area (Å²) in [7, 11) is 0. The average Bonchev–Trinajstić information content (AvgIpc) is 2.80. The summed E-state index contributed by atoms with van der Waals surface area (Å²) in [6.45, 7) is 8.59. The van der Waals surface area contributed by atoms with Gasteiger partial charge in [0.05, 0.1) is 5.57 Å². The highest BCUT2D eigenvalue weighted by atomic mass is 16.6. The molecule has 2 aromatic carbocycles. The highest BCUT2D eigenvalue weighted by Crippen LogP contribution is 2.46. The Balaban J connectivity index is 1.60. The van der Waals surface area contributed by atoms with Gasteiger partial charge in [0.1, 0.15) is 19.0 Å². The van der Waals surface area contributed by atoms with E-state index in [1.165, 1.54) is 5.56 Å². The lowest BCUT2D eigenvalue weighted by Crippen LogP contribution is -2.38. The highest BCUT2D eigenvalue weighted by Gasteiger charge is 2.43. The standard InChI is InChI=1S/C29H33NO4/c1-5-20-11-13-21(14-12-20)26-25(28(32)34-16-15-33-22-9-7-6-8-10-22)19(2)30-23-17-29(3,4)18-24(31)27(23)26/h6-14,26,30H,5,15-18H2,1-4H3/t26-/m1/s1. The van der Waals surface area contributed by atoms with Crippen molar-refractivity contribution in [3.05, 3.63) is 88.3 Å². The van der Waals surface area contributed by atoms with Crippen LogP contribution in [0.2, 0.25) is 0 Å². The monoisotopic (exact) mass is 459 g/mol. The number of ketones is 1. The molecule has 1 N–H and O–H groups in total. The van der Waals surface area contributed by atoms with Crippen molar-refractivity contribution in [2.45, 2.75) is 52.9 Å². The second-order valence-corrected chi connectivity index (χ2v) is 9.82. The van der Waals surface area contributed by atoms with Crippen LogP contribution >= 0.6 is 0 Å². The first-order valence-electron chi connectivity index (χ1n) is 12.0. The summed E-state index contributed by atoms with van der Waals surface area (Å²) in [6.07, 6.45) is 2.16. The first kappa shape index (κ1) is 23.8. The van der Waals surface area contributed by atoms with Gasteiger partial charge in [-0.2, -0.15) is 0 Å². The molecule has 5 nitrogen and oxygen atoms in total. The van der Waals surface area contributed by atoms with Crippen LogP contribution in [-0.2, 0) is 20.7 Å². The normalized spacial score (nSPS) is 19.4. The lowest BCUT2D eigenvalue weighted by molar-refractivity contribution is -0.140. The number of rotatable bonds is 7. The Labute approximate surface area is 201 Å². The van der Waals surface area contributed by atoms with Crippen molar-refractivity contribution in [3.63, 3.8) is 0 Å². The molecule has 0 saturated heterocycles. The molecule has 0 amide bonds. The summed E-state index contributed by atoms with van der Waals surface area (Å²) in [4.78, 5) is 26.7. The molecule has 34 heavy (non-hydrogen) atoms. The van der Waals surface area contributed by atoms with E-state index in [4.69, 9.17) is 9.47 Å². The molecular weight excluding hydrogens is 426 g/mol. The highest BCUT2D eigenvalue weighted by molar-refractivity contribution is 6.04. The number of hydrogen-bond donors (Lipinski definition) is 1. The van der Waals surface area contributed by atoms with Crippen LogP contribution < -0.4 is 10.1 Å². The number of benzene rings is 2. The minimum atomic E-state index is -0.437. The second-order valence-electron chi connectivity index (χ2n) is 9.82. The van der Waals surface area contributed by atoms with Crippen LogP contribution in [0.3, 0.4) is 0 Å². The first-order valence-corrected chi connectivity index (χ1v) is 12.0. The van der Waals surface area contributed by atoms with Crippen molar-refractivity contribution in [2.24, 2.45) is 5.41 Å². The predicted octanol–water partition coefficient (Wildman–Crippen LogP) is 5.48. The van der Waals surface area contributed by atoms with Crippen LogP contribution in [0.15, 0.2) is 77.1 Å². The summed E-state index contributed by atoms with van der Waals surface area (Å²) in [5, 5.41) is 3.38. The number of nitrogens with one attached hydrogen (secondary N) is 1. The Hall–Kier alpha value is -3.34. The van der Waals surface area contributed by atoms with E-state index in [0.29, 0.717) is 17.6 Å². The largest absolute Gasteiger partial charge is 0.490 e. The molecule has 1 aliphatic carbocycles. The molecule has 2 aromatic rings. The van der Waals surface area contributed by atoms with Crippen LogP contribution in [0.4, 0.5) is 0 Å². The zero-order valence-electron chi connectivity index (χ0n) is 20.4. The first-order chi connectivity index (χ1) is 16.3. The van der Waals surface area contributed by atoms with E-state index < -0.39 is 11.9 Å². The van der Waals surface area contributed by atoms with Crippen LogP contribution in [0.1, 0.15) is 57.6 Å². The molecule has 2 aliphatic rings. The third kappa shape index (κ3) is 5.09. The maximum Gasteiger partial charge on any atom is 0.336 e. The number of para-hydroxylation sites is 1. The third-order valence-corrected chi connectivity index (χ3v) is 6.51. The van der Waals surface area contributed by atoms with E-state index in [2.05, 4.69) is 38.2 Å². The molecular formula is C29H33NO4. The van der Waals surface area contributed by atoms with E-state index in [1.807, 2.05) is 49.4 Å². The van der Waals surface area contributed by atoms with Gasteiger partial charge in [-0.1, -0.05) is 63.2 Å².